The molecule has 0 saturated carbocycles. The molecule has 1 atom stereocenters. The summed E-state index contributed by atoms with van der Waals surface area (Å²) in [5, 5.41) is 1.96. The molecule has 0 radical (unpaired) electrons. The maximum Gasteiger partial charge on any atom is 0.127 e. The third-order valence-corrected chi connectivity index (χ3v) is 3.31. The van der Waals surface area contributed by atoms with Crippen LogP contribution in [-0.2, 0) is 4.74 Å². The largest absolute Gasteiger partial charge is 0.493 e. The smallest absolute Gasteiger partial charge is 0.127 e. The Morgan fingerprint density at radius 3 is 3.11 bits per heavy atom. The van der Waals surface area contributed by atoms with Gasteiger partial charge in [0, 0.05) is 41.4 Å². The molecule has 2 aromatic rings. The number of ether oxygens (including phenoxy) is 2. The fraction of sp³-hybridized carbons (Fsp3) is 0.357. The summed E-state index contributed by atoms with van der Waals surface area (Å²) in [5.74, 6) is 1.37. The maximum absolute atomic E-state index is 5.93. The first kappa shape index (κ1) is 11.3. The lowest BCUT2D eigenvalue weighted by molar-refractivity contribution is 0.167. The van der Waals surface area contributed by atoms with Crippen LogP contribution in [0, 0.1) is 5.92 Å². The van der Waals surface area contributed by atoms with Gasteiger partial charge in [0.25, 0.3) is 0 Å². The molecule has 2 N–H and O–H groups in total. The van der Waals surface area contributed by atoms with Crippen LogP contribution in [0.5, 0.6) is 5.75 Å². The van der Waals surface area contributed by atoms with E-state index in [0.29, 0.717) is 12.5 Å². The first-order valence-electron chi connectivity index (χ1n) is 6.17. The highest BCUT2D eigenvalue weighted by Gasteiger charge is 2.16. The standard InChI is InChI=1S/C14H16N2O2/c15-13-1-2-14(11-3-5-16-7-12(11)13)18-9-10-4-6-17-8-10/h1-3,5,7,10H,4,6,8-9,15H2. The van der Waals surface area contributed by atoms with Gasteiger partial charge in [-0.2, -0.15) is 0 Å². The molecule has 1 fully saturated rings. The van der Waals surface area contributed by atoms with Crippen LogP contribution in [0.2, 0.25) is 0 Å². The molecule has 1 saturated heterocycles. The van der Waals surface area contributed by atoms with Gasteiger partial charge in [-0.15, -0.1) is 0 Å². The second kappa shape index (κ2) is 4.82. The molecule has 1 aromatic carbocycles. The molecule has 94 valence electrons. The van der Waals surface area contributed by atoms with Crippen molar-refractivity contribution in [3.05, 3.63) is 30.6 Å². The molecular weight excluding hydrogens is 228 g/mol. The van der Waals surface area contributed by atoms with Crippen molar-refractivity contribution < 1.29 is 9.47 Å². The fourth-order valence-corrected chi connectivity index (χ4v) is 2.23. The van der Waals surface area contributed by atoms with Gasteiger partial charge in [-0.1, -0.05) is 0 Å². The minimum atomic E-state index is 0.499. The number of nitrogen functional groups attached to an aromatic ring is 1. The van der Waals surface area contributed by atoms with Gasteiger partial charge < -0.3 is 15.2 Å². The highest BCUT2D eigenvalue weighted by atomic mass is 16.5. The third-order valence-electron chi connectivity index (χ3n) is 3.31. The summed E-state index contributed by atoms with van der Waals surface area (Å²) in [4.78, 5) is 4.10. The first-order valence-corrected chi connectivity index (χ1v) is 6.17. The quantitative estimate of drug-likeness (QED) is 0.841. The average Bonchev–Trinajstić information content (AvgIpc) is 2.92. The summed E-state index contributed by atoms with van der Waals surface area (Å²) in [6.45, 7) is 2.34. The zero-order chi connectivity index (χ0) is 12.4. The van der Waals surface area contributed by atoms with Crippen LogP contribution >= 0.6 is 0 Å². The van der Waals surface area contributed by atoms with E-state index in [1.807, 2.05) is 18.2 Å². The lowest BCUT2D eigenvalue weighted by Gasteiger charge is -2.13. The van der Waals surface area contributed by atoms with E-state index in [4.69, 9.17) is 15.2 Å². The number of rotatable bonds is 3. The Morgan fingerprint density at radius 2 is 2.28 bits per heavy atom. The summed E-state index contributed by atoms with van der Waals surface area (Å²) in [6, 6.07) is 5.73. The fourth-order valence-electron chi connectivity index (χ4n) is 2.23. The topological polar surface area (TPSA) is 57.4 Å². The van der Waals surface area contributed by atoms with Gasteiger partial charge in [-0.25, -0.2) is 0 Å². The molecule has 3 rings (SSSR count). The predicted molar refractivity (Wildman–Crippen MR) is 70.6 cm³/mol. The summed E-state index contributed by atoms with van der Waals surface area (Å²) in [5.41, 5.74) is 6.66. The van der Waals surface area contributed by atoms with Gasteiger partial charge >= 0.3 is 0 Å². The number of hydrogen-bond donors (Lipinski definition) is 1. The third kappa shape index (κ3) is 2.11. The minimum Gasteiger partial charge on any atom is -0.493 e. The van der Waals surface area contributed by atoms with Gasteiger partial charge in [-0.3, -0.25) is 4.98 Å². The Balaban J connectivity index is 1.85. The summed E-state index contributed by atoms with van der Waals surface area (Å²) in [6.07, 6.45) is 4.61. The van der Waals surface area contributed by atoms with Gasteiger partial charge in [0.1, 0.15) is 5.75 Å². The molecule has 1 aliphatic heterocycles. The van der Waals surface area contributed by atoms with E-state index in [1.165, 1.54) is 0 Å². The summed E-state index contributed by atoms with van der Waals surface area (Å²) >= 11 is 0. The number of aromatic nitrogens is 1. The van der Waals surface area contributed by atoms with Crippen LogP contribution in [0.4, 0.5) is 5.69 Å². The van der Waals surface area contributed by atoms with Crippen molar-refractivity contribution in [1.29, 1.82) is 0 Å². The molecule has 1 aromatic heterocycles. The van der Waals surface area contributed by atoms with Crippen LogP contribution in [-0.4, -0.2) is 24.8 Å². The number of hydrogen-bond acceptors (Lipinski definition) is 4. The summed E-state index contributed by atoms with van der Waals surface area (Å²) in [7, 11) is 0. The first-order chi connectivity index (χ1) is 8.84. The van der Waals surface area contributed by atoms with Crippen molar-refractivity contribution in [3.63, 3.8) is 0 Å². The molecule has 0 spiro atoms. The zero-order valence-electron chi connectivity index (χ0n) is 10.1. The van der Waals surface area contributed by atoms with Crippen molar-refractivity contribution in [3.8, 4) is 5.75 Å². The Hall–Kier alpha value is -1.81. The van der Waals surface area contributed by atoms with E-state index in [9.17, 15) is 0 Å². The Bertz CT molecular complexity index is 550. The predicted octanol–water partition coefficient (Wildman–Crippen LogP) is 2.23. The van der Waals surface area contributed by atoms with E-state index < -0.39 is 0 Å². The van der Waals surface area contributed by atoms with Gasteiger partial charge in [-0.05, 0) is 24.6 Å². The zero-order valence-corrected chi connectivity index (χ0v) is 10.1. The lowest BCUT2D eigenvalue weighted by Crippen LogP contribution is -2.11. The van der Waals surface area contributed by atoms with Crippen molar-refractivity contribution in [2.45, 2.75) is 6.42 Å². The second-order valence-corrected chi connectivity index (χ2v) is 4.61. The second-order valence-electron chi connectivity index (χ2n) is 4.61. The molecule has 2 heterocycles. The Labute approximate surface area is 106 Å². The van der Waals surface area contributed by atoms with Crippen LogP contribution in [0.1, 0.15) is 6.42 Å². The number of nitrogens with zero attached hydrogens (tertiary/aromatic N) is 1. The Morgan fingerprint density at radius 1 is 1.33 bits per heavy atom. The molecule has 18 heavy (non-hydrogen) atoms. The summed E-state index contributed by atoms with van der Waals surface area (Å²) < 4.78 is 11.2. The monoisotopic (exact) mass is 244 g/mol. The van der Waals surface area contributed by atoms with Gasteiger partial charge in [0.2, 0.25) is 0 Å². The van der Waals surface area contributed by atoms with E-state index >= 15 is 0 Å². The maximum atomic E-state index is 5.93. The van der Waals surface area contributed by atoms with Crippen molar-refractivity contribution in [2.24, 2.45) is 5.92 Å². The van der Waals surface area contributed by atoms with Crippen molar-refractivity contribution in [1.82, 2.24) is 4.98 Å². The Kier molecular flexibility index (Phi) is 3.02. The van der Waals surface area contributed by atoms with E-state index in [2.05, 4.69) is 4.98 Å². The van der Waals surface area contributed by atoms with E-state index in [1.54, 1.807) is 12.4 Å². The number of nitrogens with two attached hydrogens (primary N) is 1. The van der Waals surface area contributed by atoms with Crippen LogP contribution in [0.3, 0.4) is 0 Å². The van der Waals surface area contributed by atoms with Gasteiger partial charge in [0.05, 0.1) is 13.2 Å². The lowest BCUT2D eigenvalue weighted by atomic mass is 10.1. The van der Waals surface area contributed by atoms with Crippen molar-refractivity contribution >= 4 is 16.5 Å². The van der Waals surface area contributed by atoms with Crippen LogP contribution < -0.4 is 10.5 Å². The molecule has 4 heteroatoms. The molecular formula is C14H16N2O2. The van der Waals surface area contributed by atoms with E-state index in [0.717, 1.165) is 41.8 Å². The highest BCUT2D eigenvalue weighted by molar-refractivity contribution is 5.96. The molecule has 1 aliphatic rings. The SMILES string of the molecule is Nc1ccc(OCC2CCOC2)c2ccncc12. The van der Waals surface area contributed by atoms with Crippen LogP contribution in [0.15, 0.2) is 30.6 Å². The number of fused-ring (bicyclic) bond motifs is 1. The molecule has 1 unspecified atom stereocenters. The molecule has 0 aliphatic carbocycles. The number of anilines is 1. The molecule has 0 amide bonds. The number of benzene rings is 1. The highest BCUT2D eigenvalue weighted by Crippen LogP contribution is 2.29. The van der Waals surface area contributed by atoms with Gasteiger partial charge in [0.15, 0.2) is 0 Å². The van der Waals surface area contributed by atoms with Crippen LogP contribution in [0.25, 0.3) is 10.8 Å². The molecule has 4 nitrogen and oxygen atoms in total. The number of pyridine rings is 1. The average molecular weight is 244 g/mol. The van der Waals surface area contributed by atoms with E-state index in [-0.39, 0.29) is 0 Å². The van der Waals surface area contributed by atoms with Crippen molar-refractivity contribution in [2.75, 3.05) is 25.6 Å². The normalized spacial score (nSPS) is 19.2. The minimum absolute atomic E-state index is 0.499. The molecule has 0 bridgehead atoms.